The van der Waals surface area contributed by atoms with Crippen molar-refractivity contribution >= 4 is 0 Å². The Morgan fingerprint density at radius 3 is 2.67 bits per heavy atom. The van der Waals surface area contributed by atoms with Crippen LogP contribution >= 0.6 is 0 Å². The fourth-order valence-corrected chi connectivity index (χ4v) is 3.18. The van der Waals surface area contributed by atoms with E-state index in [4.69, 9.17) is 4.74 Å². The van der Waals surface area contributed by atoms with Crippen molar-refractivity contribution < 1.29 is 9.84 Å². The van der Waals surface area contributed by atoms with Crippen LogP contribution in [0.25, 0.3) is 0 Å². The molecule has 1 aromatic carbocycles. The van der Waals surface area contributed by atoms with Crippen LogP contribution in [0.4, 0.5) is 0 Å². The molecule has 18 heavy (non-hydrogen) atoms. The van der Waals surface area contributed by atoms with E-state index >= 15 is 0 Å². The number of fused-ring (bicyclic) bond motifs is 1. The van der Waals surface area contributed by atoms with Crippen LogP contribution < -0.4 is 4.74 Å². The Labute approximate surface area is 109 Å². The van der Waals surface area contributed by atoms with E-state index in [0.717, 1.165) is 30.1 Å². The number of rotatable bonds is 2. The van der Waals surface area contributed by atoms with Crippen LogP contribution in [-0.2, 0) is 6.42 Å². The third-order valence-corrected chi connectivity index (χ3v) is 4.43. The van der Waals surface area contributed by atoms with Crippen LogP contribution in [0.3, 0.4) is 0 Å². The van der Waals surface area contributed by atoms with Gasteiger partial charge in [-0.1, -0.05) is 13.0 Å². The van der Waals surface area contributed by atoms with Gasteiger partial charge in [-0.25, -0.2) is 0 Å². The summed E-state index contributed by atoms with van der Waals surface area (Å²) in [6, 6.07) is 6.18. The molecule has 0 bridgehead atoms. The summed E-state index contributed by atoms with van der Waals surface area (Å²) in [5.41, 5.74) is 2.36. The van der Waals surface area contributed by atoms with Gasteiger partial charge in [-0.3, -0.25) is 0 Å². The van der Waals surface area contributed by atoms with Crippen LogP contribution in [0.1, 0.15) is 56.3 Å². The van der Waals surface area contributed by atoms with Gasteiger partial charge in [-0.05, 0) is 67.7 Å². The van der Waals surface area contributed by atoms with Gasteiger partial charge in [-0.15, -0.1) is 0 Å². The number of hydrogen-bond acceptors (Lipinski definition) is 2. The van der Waals surface area contributed by atoms with Crippen molar-refractivity contribution in [1.82, 2.24) is 0 Å². The lowest BCUT2D eigenvalue weighted by Gasteiger charge is -2.27. The van der Waals surface area contributed by atoms with E-state index in [1.165, 1.54) is 31.2 Å². The molecule has 0 spiro atoms. The van der Waals surface area contributed by atoms with Crippen molar-refractivity contribution in [3.05, 3.63) is 29.3 Å². The van der Waals surface area contributed by atoms with Crippen LogP contribution in [0.2, 0.25) is 0 Å². The third kappa shape index (κ3) is 2.39. The first kappa shape index (κ1) is 12.0. The lowest BCUT2D eigenvalue weighted by Crippen LogP contribution is -2.23. The Morgan fingerprint density at radius 1 is 1.11 bits per heavy atom. The van der Waals surface area contributed by atoms with Crippen molar-refractivity contribution in [2.75, 3.05) is 0 Å². The van der Waals surface area contributed by atoms with Gasteiger partial charge in [0.05, 0.1) is 12.2 Å². The zero-order valence-electron chi connectivity index (χ0n) is 11.1. The minimum absolute atomic E-state index is 0.260. The molecule has 0 saturated heterocycles. The zero-order chi connectivity index (χ0) is 12.5. The van der Waals surface area contributed by atoms with Crippen LogP contribution in [0.15, 0.2) is 18.2 Å². The highest BCUT2D eigenvalue weighted by atomic mass is 16.5. The molecule has 2 aliphatic carbocycles. The summed E-state index contributed by atoms with van der Waals surface area (Å²) < 4.78 is 6.08. The summed E-state index contributed by atoms with van der Waals surface area (Å²) in [4.78, 5) is 0. The molecule has 0 heterocycles. The highest BCUT2D eigenvalue weighted by molar-refractivity contribution is 5.39. The minimum atomic E-state index is -0.260. The quantitative estimate of drug-likeness (QED) is 0.863. The summed E-state index contributed by atoms with van der Waals surface area (Å²) in [6.07, 6.45) is 6.91. The monoisotopic (exact) mass is 246 g/mol. The number of aliphatic hydroxyl groups excluding tert-OH is 1. The molecule has 1 N–H and O–H groups in total. The first-order valence-corrected chi connectivity index (χ1v) is 7.20. The molecule has 1 aromatic rings. The Hall–Kier alpha value is -1.02. The molecule has 2 aliphatic rings. The molecular weight excluding hydrogens is 224 g/mol. The lowest BCUT2D eigenvalue weighted by molar-refractivity contribution is 0.135. The second-order valence-corrected chi connectivity index (χ2v) is 5.91. The molecule has 1 atom stereocenters. The van der Waals surface area contributed by atoms with Gasteiger partial charge in [0.1, 0.15) is 5.75 Å². The van der Waals surface area contributed by atoms with Crippen molar-refractivity contribution in [2.24, 2.45) is 5.92 Å². The highest BCUT2D eigenvalue weighted by Crippen LogP contribution is 2.34. The molecular formula is C16H22O2. The topological polar surface area (TPSA) is 29.5 Å². The predicted molar refractivity (Wildman–Crippen MR) is 71.8 cm³/mol. The summed E-state index contributed by atoms with van der Waals surface area (Å²) in [5.74, 6) is 1.85. The standard InChI is InChI=1S/C16H22O2/c1-11-2-5-13(6-3-11)18-14-7-8-15-12(10-14)4-9-16(15)17/h7-8,10-11,13,16-17H,2-6,9H2,1H3. The van der Waals surface area contributed by atoms with Crippen molar-refractivity contribution in [2.45, 2.75) is 57.7 Å². The van der Waals surface area contributed by atoms with Gasteiger partial charge in [-0.2, -0.15) is 0 Å². The predicted octanol–water partition coefficient (Wildman–Crippen LogP) is 3.62. The van der Waals surface area contributed by atoms with E-state index in [9.17, 15) is 5.11 Å². The van der Waals surface area contributed by atoms with Crippen LogP contribution in [0, 0.1) is 5.92 Å². The molecule has 2 heteroatoms. The van der Waals surface area contributed by atoms with E-state index < -0.39 is 0 Å². The Bertz CT molecular complexity index is 419. The molecule has 1 unspecified atom stereocenters. The van der Waals surface area contributed by atoms with Gasteiger partial charge >= 0.3 is 0 Å². The molecule has 1 fully saturated rings. The van der Waals surface area contributed by atoms with Crippen LogP contribution in [-0.4, -0.2) is 11.2 Å². The van der Waals surface area contributed by atoms with Crippen molar-refractivity contribution in [3.63, 3.8) is 0 Å². The maximum absolute atomic E-state index is 9.78. The number of ether oxygens (including phenoxy) is 1. The van der Waals surface area contributed by atoms with E-state index in [0.29, 0.717) is 6.10 Å². The van der Waals surface area contributed by atoms with Gasteiger partial charge in [0.2, 0.25) is 0 Å². The smallest absolute Gasteiger partial charge is 0.120 e. The van der Waals surface area contributed by atoms with E-state index in [1.807, 2.05) is 12.1 Å². The van der Waals surface area contributed by atoms with E-state index in [-0.39, 0.29) is 6.10 Å². The largest absolute Gasteiger partial charge is 0.490 e. The molecule has 2 nitrogen and oxygen atoms in total. The Morgan fingerprint density at radius 2 is 1.89 bits per heavy atom. The first-order valence-electron chi connectivity index (χ1n) is 7.20. The summed E-state index contributed by atoms with van der Waals surface area (Å²) >= 11 is 0. The van der Waals surface area contributed by atoms with E-state index in [2.05, 4.69) is 13.0 Å². The highest BCUT2D eigenvalue weighted by Gasteiger charge is 2.22. The number of hydrogen-bond donors (Lipinski definition) is 1. The maximum atomic E-state index is 9.78. The fraction of sp³-hybridized carbons (Fsp3) is 0.625. The van der Waals surface area contributed by atoms with Gasteiger partial charge < -0.3 is 9.84 Å². The van der Waals surface area contributed by atoms with Crippen molar-refractivity contribution in [1.29, 1.82) is 0 Å². The van der Waals surface area contributed by atoms with Gasteiger partial charge in [0.15, 0.2) is 0 Å². The summed E-state index contributed by atoms with van der Waals surface area (Å²) in [6.45, 7) is 2.33. The van der Waals surface area contributed by atoms with Crippen LogP contribution in [0.5, 0.6) is 5.75 Å². The Kier molecular flexibility index (Phi) is 3.29. The third-order valence-electron chi connectivity index (χ3n) is 4.43. The SMILES string of the molecule is CC1CCC(Oc2ccc3c(c2)CCC3O)CC1. The molecule has 0 aromatic heterocycles. The summed E-state index contributed by atoms with van der Waals surface area (Å²) in [5, 5.41) is 9.78. The number of benzene rings is 1. The molecule has 3 rings (SSSR count). The molecule has 1 saturated carbocycles. The fourth-order valence-electron chi connectivity index (χ4n) is 3.18. The van der Waals surface area contributed by atoms with Gasteiger partial charge in [0.25, 0.3) is 0 Å². The zero-order valence-corrected chi connectivity index (χ0v) is 11.1. The lowest BCUT2D eigenvalue weighted by atomic mass is 9.89. The normalized spacial score (nSPS) is 31.1. The molecule has 0 aliphatic heterocycles. The first-order chi connectivity index (χ1) is 8.72. The molecule has 0 radical (unpaired) electrons. The molecule has 98 valence electrons. The Balaban J connectivity index is 1.67. The average Bonchev–Trinajstić information content (AvgIpc) is 2.74. The molecule has 0 amide bonds. The maximum Gasteiger partial charge on any atom is 0.120 e. The minimum Gasteiger partial charge on any atom is -0.490 e. The van der Waals surface area contributed by atoms with Gasteiger partial charge in [0, 0.05) is 0 Å². The second kappa shape index (κ2) is 4.93. The van der Waals surface area contributed by atoms with E-state index in [1.54, 1.807) is 0 Å². The number of aryl methyl sites for hydroxylation is 1. The average molecular weight is 246 g/mol. The summed E-state index contributed by atoms with van der Waals surface area (Å²) in [7, 11) is 0. The number of aliphatic hydroxyl groups is 1. The van der Waals surface area contributed by atoms with Crippen molar-refractivity contribution in [3.8, 4) is 5.75 Å². The second-order valence-electron chi connectivity index (χ2n) is 5.91.